The van der Waals surface area contributed by atoms with Gasteiger partial charge in [-0.2, -0.15) is 18.2 Å². The number of ether oxygens (including phenoxy) is 1. The largest absolute Gasteiger partial charge is 0.477 e. The van der Waals surface area contributed by atoms with E-state index < -0.39 is 17.6 Å². The minimum absolute atomic E-state index is 0.0894. The summed E-state index contributed by atoms with van der Waals surface area (Å²) in [6.45, 7) is 5.84. The second-order valence-corrected chi connectivity index (χ2v) is 5.63. The average molecular weight is 339 g/mol. The van der Waals surface area contributed by atoms with Gasteiger partial charge in [0.05, 0.1) is 6.61 Å². The minimum atomic E-state index is -4.56. The maximum atomic E-state index is 13.0. The van der Waals surface area contributed by atoms with Gasteiger partial charge in [-0.1, -0.05) is 26.0 Å². The summed E-state index contributed by atoms with van der Waals surface area (Å²) in [6.07, 6.45) is -3.80. The molecule has 0 aliphatic carbocycles. The molecule has 1 aromatic carbocycles. The van der Waals surface area contributed by atoms with Crippen LogP contribution in [0, 0.1) is 0 Å². The van der Waals surface area contributed by atoms with E-state index in [0.29, 0.717) is 5.92 Å². The highest BCUT2D eigenvalue weighted by atomic mass is 19.4. The van der Waals surface area contributed by atoms with Crippen LogP contribution in [0.15, 0.2) is 30.5 Å². The van der Waals surface area contributed by atoms with Gasteiger partial charge in [0.2, 0.25) is 11.8 Å². The molecule has 0 N–H and O–H groups in total. The topological polar surface area (TPSA) is 38.2 Å². The highest BCUT2D eigenvalue weighted by Crippen LogP contribution is 2.36. The minimum Gasteiger partial charge on any atom is -0.477 e. The first-order chi connectivity index (χ1) is 11.2. The van der Waals surface area contributed by atoms with E-state index in [-0.39, 0.29) is 12.6 Å². The highest BCUT2D eigenvalue weighted by Gasteiger charge is 2.36. The van der Waals surface area contributed by atoms with E-state index in [9.17, 15) is 13.2 Å². The summed E-state index contributed by atoms with van der Waals surface area (Å²) in [6, 6.07) is 7.72. The van der Waals surface area contributed by atoms with E-state index in [0.717, 1.165) is 17.4 Å². The average Bonchev–Trinajstić information content (AvgIpc) is 2.53. The zero-order chi connectivity index (χ0) is 17.9. The Hall–Kier alpha value is -2.31. The summed E-state index contributed by atoms with van der Waals surface area (Å²) in [7, 11) is 1.71. The fourth-order valence-electron chi connectivity index (χ4n) is 2.17. The van der Waals surface area contributed by atoms with Crippen molar-refractivity contribution in [2.45, 2.75) is 32.9 Å². The molecule has 0 aliphatic rings. The van der Waals surface area contributed by atoms with Crippen LogP contribution in [0.25, 0.3) is 0 Å². The van der Waals surface area contributed by atoms with Crippen LogP contribution >= 0.6 is 0 Å². The molecule has 0 saturated carbocycles. The molecule has 4 nitrogen and oxygen atoms in total. The van der Waals surface area contributed by atoms with Crippen LogP contribution < -0.4 is 9.64 Å². The number of benzene rings is 1. The lowest BCUT2D eigenvalue weighted by Gasteiger charge is -2.20. The molecule has 0 fully saturated rings. The molecule has 0 amide bonds. The molecule has 0 radical (unpaired) electrons. The SMILES string of the molecule is CCOc1nc(N(C)c2cccc(C(C)C)c2)ncc1C(F)(F)F. The molecule has 130 valence electrons. The molecule has 0 bridgehead atoms. The Bertz CT molecular complexity index is 702. The fourth-order valence-corrected chi connectivity index (χ4v) is 2.17. The van der Waals surface area contributed by atoms with Gasteiger partial charge in [0.25, 0.3) is 0 Å². The Balaban J connectivity index is 2.41. The highest BCUT2D eigenvalue weighted by molar-refractivity contribution is 5.58. The third kappa shape index (κ3) is 3.96. The van der Waals surface area contributed by atoms with Crippen molar-refractivity contribution in [1.29, 1.82) is 0 Å². The maximum Gasteiger partial charge on any atom is 0.423 e. The van der Waals surface area contributed by atoms with E-state index in [1.54, 1.807) is 18.9 Å². The van der Waals surface area contributed by atoms with E-state index >= 15 is 0 Å². The lowest BCUT2D eigenvalue weighted by molar-refractivity contribution is -0.139. The molecule has 24 heavy (non-hydrogen) atoms. The first kappa shape index (κ1) is 18.0. The summed E-state index contributed by atoms with van der Waals surface area (Å²) in [4.78, 5) is 9.44. The third-order valence-electron chi connectivity index (χ3n) is 3.55. The van der Waals surface area contributed by atoms with Crippen molar-refractivity contribution in [3.05, 3.63) is 41.6 Å². The molecule has 1 aromatic heterocycles. The molecule has 7 heteroatoms. The Labute approximate surface area is 139 Å². The Morgan fingerprint density at radius 3 is 2.54 bits per heavy atom. The van der Waals surface area contributed by atoms with Gasteiger partial charge in [0, 0.05) is 18.9 Å². The summed E-state index contributed by atoms with van der Waals surface area (Å²) >= 11 is 0. The quantitative estimate of drug-likeness (QED) is 0.785. The molecule has 2 rings (SSSR count). The molecule has 1 heterocycles. The first-order valence-corrected chi connectivity index (χ1v) is 7.64. The van der Waals surface area contributed by atoms with E-state index in [2.05, 4.69) is 23.8 Å². The van der Waals surface area contributed by atoms with Gasteiger partial charge in [-0.15, -0.1) is 0 Å². The van der Waals surface area contributed by atoms with Crippen LogP contribution in [0.3, 0.4) is 0 Å². The number of rotatable bonds is 5. The smallest absolute Gasteiger partial charge is 0.423 e. The Kier molecular flexibility index (Phi) is 5.31. The van der Waals surface area contributed by atoms with Gasteiger partial charge in [-0.3, -0.25) is 0 Å². The van der Waals surface area contributed by atoms with Crippen LogP contribution in [0.5, 0.6) is 5.88 Å². The Morgan fingerprint density at radius 2 is 1.96 bits per heavy atom. The summed E-state index contributed by atoms with van der Waals surface area (Å²) < 4.78 is 44.0. The molecule has 0 spiro atoms. The molecular formula is C17H20F3N3O. The number of aromatic nitrogens is 2. The van der Waals surface area contributed by atoms with Gasteiger partial charge in [-0.25, -0.2) is 4.98 Å². The van der Waals surface area contributed by atoms with Crippen molar-refractivity contribution in [1.82, 2.24) is 9.97 Å². The van der Waals surface area contributed by atoms with Crippen LogP contribution in [0.4, 0.5) is 24.8 Å². The van der Waals surface area contributed by atoms with Crippen molar-refractivity contribution < 1.29 is 17.9 Å². The normalized spacial score (nSPS) is 11.7. The summed E-state index contributed by atoms with van der Waals surface area (Å²) in [5, 5.41) is 0. The predicted octanol–water partition coefficient (Wildman–Crippen LogP) is 4.79. The van der Waals surface area contributed by atoms with Gasteiger partial charge < -0.3 is 9.64 Å². The van der Waals surface area contributed by atoms with Gasteiger partial charge >= 0.3 is 6.18 Å². The van der Waals surface area contributed by atoms with Crippen LogP contribution in [0.1, 0.15) is 37.8 Å². The second kappa shape index (κ2) is 7.07. The lowest BCUT2D eigenvalue weighted by atomic mass is 10.0. The van der Waals surface area contributed by atoms with Gasteiger partial charge in [0.1, 0.15) is 5.56 Å². The molecule has 0 aliphatic heterocycles. The predicted molar refractivity (Wildman–Crippen MR) is 86.8 cm³/mol. The fraction of sp³-hybridized carbons (Fsp3) is 0.412. The number of anilines is 2. The number of hydrogen-bond donors (Lipinski definition) is 0. The first-order valence-electron chi connectivity index (χ1n) is 7.64. The zero-order valence-corrected chi connectivity index (χ0v) is 14.1. The summed E-state index contributed by atoms with van der Waals surface area (Å²) in [5.74, 6) is 0.0279. The van der Waals surface area contributed by atoms with Crippen molar-refractivity contribution in [2.24, 2.45) is 0 Å². The monoisotopic (exact) mass is 339 g/mol. The molecular weight excluding hydrogens is 319 g/mol. The zero-order valence-electron chi connectivity index (χ0n) is 14.1. The van der Waals surface area contributed by atoms with Gasteiger partial charge in [0.15, 0.2) is 0 Å². The molecule has 0 saturated heterocycles. The van der Waals surface area contributed by atoms with Crippen molar-refractivity contribution in [2.75, 3.05) is 18.6 Å². The lowest BCUT2D eigenvalue weighted by Crippen LogP contribution is -2.17. The Morgan fingerprint density at radius 1 is 1.25 bits per heavy atom. The number of alkyl halides is 3. The molecule has 0 unspecified atom stereocenters. The maximum absolute atomic E-state index is 13.0. The van der Waals surface area contributed by atoms with Gasteiger partial charge in [-0.05, 0) is 30.5 Å². The van der Waals surface area contributed by atoms with E-state index in [4.69, 9.17) is 4.74 Å². The number of halogens is 3. The second-order valence-electron chi connectivity index (χ2n) is 5.63. The van der Waals surface area contributed by atoms with Crippen LogP contribution in [0.2, 0.25) is 0 Å². The van der Waals surface area contributed by atoms with Crippen LogP contribution in [-0.2, 0) is 6.18 Å². The number of nitrogens with zero attached hydrogens (tertiary/aromatic N) is 3. The van der Waals surface area contributed by atoms with E-state index in [1.807, 2.05) is 24.3 Å². The van der Waals surface area contributed by atoms with E-state index in [1.165, 1.54) is 0 Å². The van der Waals surface area contributed by atoms with Crippen molar-refractivity contribution in [3.8, 4) is 5.88 Å². The molecule has 0 atom stereocenters. The van der Waals surface area contributed by atoms with Crippen molar-refractivity contribution >= 4 is 11.6 Å². The van der Waals surface area contributed by atoms with Crippen LogP contribution in [-0.4, -0.2) is 23.6 Å². The number of hydrogen-bond acceptors (Lipinski definition) is 4. The third-order valence-corrected chi connectivity index (χ3v) is 3.55. The molecule has 2 aromatic rings. The summed E-state index contributed by atoms with van der Waals surface area (Å²) in [5.41, 5.74) is 0.942. The van der Waals surface area contributed by atoms with Crippen molar-refractivity contribution in [3.63, 3.8) is 0 Å². The standard InChI is InChI=1S/C17H20F3N3O/c1-5-24-15-14(17(18,19)20)10-21-16(22-15)23(4)13-8-6-7-12(9-13)11(2)3/h6-11H,5H2,1-4H3.